The first-order chi connectivity index (χ1) is 15.1. The van der Waals surface area contributed by atoms with Crippen LogP contribution in [0.4, 0.5) is 0 Å². The maximum absolute atomic E-state index is 13.3. The predicted molar refractivity (Wildman–Crippen MR) is 131 cm³/mol. The Morgan fingerprint density at radius 1 is 0.938 bits per heavy atom. The summed E-state index contributed by atoms with van der Waals surface area (Å²) in [5, 5.41) is 3.84. The van der Waals surface area contributed by atoms with Crippen molar-refractivity contribution in [3.05, 3.63) is 98.4 Å². The molecule has 0 heterocycles. The maximum Gasteiger partial charge on any atom is 0.243 e. The average molecular weight is 556 g/mol. The smallest absolute Gasteiger partial charge is 0.243 e. The first-order valence-corrected chi connectivity index (χ1v) is 12.7. The molecule has 3 rings (SSSR count). The molecule has 0 aromatic heterocycles. The summed E-state index contributed by atoms with van der Waals surface area (Å²) in [6.45, 7) is 1.52. The van der Waals surface area contributed by atoms with E-state index in [-0.39, 0.29) is 24.0 Å². The highest BCUT2D eigenvalue weighted by molar-refractivity contribution is 9.10. The van der Waals surface area contributed by atoms with Crippen molar-refractivity contribution in [2.75, 3.05) is 6.54 Å². The molecule has 0 aliphatic heterocycles. The van der Waals surface area contributed by atoms with E-state index >= 15 is 0 Å². The van der Waals surface area contributed by atoms with Crippen LogP contribution in [0.25, 0.3) is 0 Å². The molecule has 0 bridgehead atoms. The van der Waals surface area contributed by atoms with Gasteiger partial charge in [-0.25, -0.2) is 8.42 Å². The zero-order valence-electron chi connectivity index (χ0n) is 17.1. The van der Waals surface area contributed by atoms with Crippen LogP contribution >= 0.6 is 39.1 Å². The monoisotopic (exact) mass is 554 g/mol. The van der Waals surface area contributed by atoms with E-state index in [4.69, 9.17) is 23.2 Å². The number of carbonyl (C=O) groups is 1. The fraction of sp³-hybridized carbons (Fsp3) is 0.174. The minimum Gasteiger partial charge on any atom is -0.348 e. The van der Waals surface area contributed by atoms with E-state index in [1.807, 2.05) is 31.2 Å². The molecule has 0 spiro atoms. The molecule has 1 amide bonds. The van der Waals surface area contributed by atoms with Crippen LogP contribution in [0.1, 0.15) is 24.1 Å². The molecule has 1 atom stereocenters. The fourth-order valence-corrected chi connectivity index (χ4v) is 4.96. The highest BCUT2D eigenvalue weighted by atomic mass is 79.9. The van der Waals surface area contributed by atoms with Gasteiger partial charge in [0, 0.05) is 21.1 Å². The SMILES string of the molecule is C[C@@H](NC(=O)CN(Cc1ccc(Cl)cc1)S(=O)(=O)c1ccc(Cl)cc1)c1ccc(Br)cc1. The Kier molecular flexibility index (Phi) is 8.36. The van der Waals surface area contributed by atoms with Gasteiger partial charge in [-0.1, -0.05) is 63.4 Å². The van der Waals surface area contributed by atoms with E-state index in [1.165, 1.54) is 24.3 Å². The summed E-state index contributed by atoms with van der Waals surface area (Å²) < 4.78 is 28.7. The summed E-state index contributed by atoms with van der Waals surface area (Å²) in [5.41, 5.74) is 1.62. The molecule has 0 radical (unpaired) electrons. The van der Waals surface area contributed by atoms with Crippen molar-refractivity contribution < 1.29 is 13.2 Å². The van der Waals surface area contributed by atoms with Gasteiger partial charge in [0.1, 0.15) is 0 Å². The van der Waals surface area contributed by atoms with E-state index < -0.39 is 15.9 Å². The minimum absolute atomic E-state index is 0.0161. The summed E-state index contributed by atoms with van der Waals surface area (Å²) in [7, 11) is -3.95. The zero-order chi connectivity index (χ0) is 23.3. The molecular formula is C23H21BrCl2N2O3S. The van der Waals surface area contributed by atoms with Gasteiger partial charge in [-0.05, 0) is 66.6 Å². The van der Waals surface area contributed by atoms with Crippen LogP contribution in [0.3, 0.4) is 0 Å². The van der Waals surface area contributed by atoms with Gasteiger partial charge in [0.25, 0.3) is 0 Å². The van der Waals surface area contributed by atoms with E-state index in [0.717, 1.165) is 14.3 Å². The second kappa shape index (κ2) is 10.8. The Balaban J connectivity index is 1.82. The second-order valence-corrected chi connectivity index (χ2v) is 10.9. The number of halogens is 3. The lowest BCUT2D eigenvalue weighted by molar-refractivity contribution is -0.122. The Bertz CT molecular complexity index is 1170. The quantitative estimate of drug-likeness (QED) is 0.380. The number of carbonyl (C=O) groups excluding carboxylic acids is 1. The maximum atomic E-state index is 13.3. The van der Waals surface area contributed by atoms with E-state index in [2.05, 4.69) is 21.2 Å². The molecule has 3 aromatic rings. The van der Waals surface area contributed by atoms with Crippen molar-refractivity contribution in [3.63, 3.8) is 0 Å². The van der Waals surface area contributed by atoms with Crippen LogP contribution in [-0.4, -0.2) is 25.2 Å². The standard InChI is InChI=1S/C23H21BrCl2N2O3S/c1-16(18-4-6-19(24)7-5-18)27-23(29)15-28(14-17-2-8-20(25)9-3-17)32(30,31)22-12-10-21(26)11-13-22/h2-13,16H,14-15H2,1H3,(H,27,29)/t16-/m1/s1. The molecule has 9 heteroatoms. The largest absolute Gasteiger partial charge is 0.348 e. The van der Waals surface area contributed by atoms with Crippen LogP contribution in [0.5, 0.6) is 0 Å². The number of rotatable bonds is 8. The van der Waals surface area contributed by atoms with Crippen molar-refractivity contribution in [1.29, 1.82) is 0 Å². The lowest BCUT2D eigenvalue weighted by atomic mass is 10.1. The number of amides is 1. The van der Waals surface area contributed by atoms with E-state index in [9.17, 15) is 13.2 Å². The summed E-state index contributed by atoms with van der Waals surface area (Å²) in [4.78, 5) is 12.9. The fourth-order valence-electron chi connectivity index (χ4n) is 3.06. The number of nitrogens with zero attached hydrogens (tertiary/aromatic N) is 1. The Labute approximate surface area is 206 Å². The molecule has 3 aromatic carbocycles. The van der Waals surface area contributed by atoms with Gasteiger partial charge in [-0.3, -0.25) is 4.79 Å². The Hall–Kier alpha value is -1.90. The van der Waals surface area contributed by atoms with Crippen LogP contribution in [0, 0.1) is 0 Å². The molecular weight excluding hydrogens is 535 g/mol. The first kappa shape index (κ1) is 24.7. The average Bonchev–Trinajstić information content (AvgIpc) is 2.75. The lowest BCUT2D eigenvalue weighted by Gasteiger charge is -2.23. The van der Waals surface area contributed by atoms with Crippen molar-refractivity contribution >= 4 is 55.1 Å². The van der Waals surface area contributed by atoms with E-state index in [0.29, 0.717) is 15.6 Å². The predicted octanol–water partition coefficient (Wildman–Crippen LogP) is 5.82. The number of hydrogen-bond donors (Lipinski definition) is 1. The summed E-state index contributed by atoms with van der Waals surface area (Å²) in [6.07, 6.45) is 0. The van der Waals surface area contributed by atoms with Gasteiger partial charge < -0.3 is 5.32 Å². The van der Waals surface area contributed by atoms with Gasteiger partial charge >= 0.3 is 0 Å². The molecule has 5 nitrogen and oxygen atoms in total. The number of benzene rings is 3. The van der Waals surface area contributed by atoms with Crippen molar-refractivity contribution in [1.82, 2.24) is 9.62 Å². The van der Waals surface area contributed by atoms with Crippen LogP contribution < -0.4 is 5.32 Å². The molecule has 0 aliphatic carbocycles. The highest BCUT2D eigenvalue weighted by Crippen LogP contribution is 2.22. The van der Waals surface area contributed by atoms with Crippen LogP contribution in [0.2, 0.25) is 10.0 Å². The normalized spacial score (nSPS) is 12.5. The third kappa shape index (κ3) is 6.56. The summed E-state index contributed by atoms with van der Waals surface area (Å²) in [5.74, 6) is -0.410. The zero-order valence-corrected chi connectivity index (χ0v) is 21.0. The van der Waals surface area contributed by atoms with E-state index in [1.54, 1.807) is 24.3 Å². The summed E-state index contributed by atoms with van der Waals surface area (Å²) >= 11 is 15.2. The third-order valence-corrected chi connectivity index (χ3v) is 7.63. The molecule has 0 fully saturated rings. The van der Waals surface area contributed by atoms with Crippen LogP contribution in [-0.2, 0) is 21.4 Å². The topological polar surface area (TPSA) is 66.5 Å². The van der Waals surface area contributed by atoms with Crippen molar-refractivity contribution in [2.24, 2.45) is 0 Å². The van der Waals surface area contributed by atoms with Crippen molar-refractivity contribution in [3.8, 4) is 0 Å². The van der Waals surface area contributed by atoms with Gasteiger partial charge in [-0.15, -0.1) is 0 Å². The van der Waals surface area contributed by atoms with Gasteiger partial charge in [0.2, 0.25) is 15.9 Å². The molecule has 0 saturated carbocycles. The molecule has 1 N–H and O–H groups in total. The number of nitrogens with one attached hydrogen (secondary N) is 1. The lowest BCUT2D eigenvalue weighted by Crippen LogP contribution is -2.41. The molecule has 168 valence electrons. The second-order valence-electron chi connectivity index (χ2n) is 7.19. The Morgan fingerprint density at radius 3 is 2.03 bits per heavy atom. The molecule has 32 heavy (non-hydrogen) atoms. The van der Waals surface area contributed by atoms with Crippen molar-refractivity contribution in [2.45, 2.75) is 24.4 Å². The first-order valence-electron chi connectivity index (χ1n) is 9.70. The highest BCUT2D eigenvalue weighted by Gasteiger charge is 2.27. The molecule has 0 unspecified atom stereocenters. The summed E-state index contributed by atoms with van der Waals surface area (Å²) in [6, 6.07) is 20.0. The van der Waals surface area contributed by atoms with Gasteiger partial charge in [0.05, 0.1) is 17.5 Å². The third-order valence-electron chi connectivity index (χ3n) is 4.79. The number of sulfonamides is 1. The molecule has 0 saturated heterocycles. The van der Waals surface area contributed by atoms with Crippen LogP contribution in [0.15, 0.2) is 82.2 Å². The van der Waals surface area contributed by atoms with Gasteiger partial charge in [-0.2, -0.15) is 4.31 Å². The minimum atomic E-state index is -3.95. The number of hydrogen-bond acceptors (Lipinski definition) is 3. The Morgan fingerprint density at radius 2 is 1.47 bits per heavy atom. The molecule has 0 aliphatic rings. The van der Waals surface area contributed by atoms with Gasteiger partial charge in [0.15, 0.2) is 0 Å².